The predicted octanol–water partition coefficient (Wildman–Crippen LogP) is 6.17. The lowest BCUT2D eigenvalue weighted by atomic mass is 9.74. The van der Waals surface area contributed by atoms with E-state index in [1.165, 1.54) is 71.2 Å². The van der Waals surface area contributed by atoms with E-state index in [0.717, 1.165) is 80.7 Å². The van der Waals surface area contributed by atoms with E-state index in [1.807, 2.05) is 4.68 Å². The zero-order valence-corrected chi connectivity index (χ0v) is 29.9. The van der Waals surface area contributed by atoms with E-state index in [2.05, 4.69) is 95.8 Å². The van der Waals surface area contributed by atoms with Crippen LogP contribution in [0.15, 0.2) is 12.4 Å². The molecule has 3 aliphatic heterocycles. The number of rotatable bonds is 14. The topological polar surface area (TPSA) is 71.1 Å². The number of hydrogen-bond acceptors (Lipinski definition) is 7. The molecule has 5 heterocycles. The molecule has 0 amide bonds. The van der Waals surface area contributed by atoms with Crippen molar-refractivity contribution in [3.05, 3.63) is 23.8 Å². The second kappa shape index (κ2) is 15.8. The fraction of sp³-hybridized carbons (Fsp3) is 0.889. The first kappa shape index (κ1) is 34.5. The second-order valence-corrected chi connectivity index (χ2v) is 16.6. The molecule has 2 aromatic heterocycles. The lowest BCUT2D eigenvalue weighted by Crippen LogP contribution is -2.42. The van der Waals surface area contributed by atoms with Crippen LogP contribution in [-0.2, 0) is 25.2 Å². The van der Waals surface area contributed by atoms with E-state index >= 15 is 0 Å². The summed E-state index contributed by atoms with van der Waals surface area (Å²) in [6.45, 7) is 27.8. The fourth-order valence-electron chi connectivity index (χ4n) is 8.26. The minimum absolute atomic E-state index is 0.0271. The van der Waals surface area contributed by atoms with Crippen molar-refractivity contribution < 1.29 is 0 Å². The van der Waals surface area contributed by atoms with Gasteiger partial charge >= 0.3 is 0 Å². The van der Waals surface area contributed by atoms with Crippen molar-refractivity contribution in [2.45, 2.75) is 125 Å². The molecule has 0 N–H and O–H groups in total. The highest BCUT2D eigenvalue weighted by Crippen LogP contribution is 2.36. The Morgan fingerprint density at radius 2 is 1.36 bits per heavy atom. The number of aromatic nitrogens is 6. The van der Waals surface area contributed by atoms with Gasteiger partial charge in [-0.3, -0.25) is 14.5 Å². The van der Waals surface area contributed by atoms with Gasteiger partial charge in [-0.05, 0) is 113 Å². The van der Waals surface area contributed by atoms with Gasteiger partial charge in [-0.25, -0.2) is 4.68 Å². The van der Waals surface area contributed by atoms with Crippen LogP contribution in [0.2, 0.25) is 0 Å². The first-order valence-electron chi connectivity index (χ1n) is 18.5. The summed E-state index contributed by atoms with van der Waals surface area (Å²) in [6, 6.07) is 0. The third-order valence-corrected chi connectivity index (χ3v) is 11.6. The highest BCUT2D eigenvalue weighted by atomic mass is 15.5. The first-order valence-corrected chi connectivity index (χ1v) is 18.5. The van der Waals surface area contributed by atoms with E-state index in [9.17, 15) is 0 Å². The van der Waals surface area contributed by atoms with Crippen molar-refractivity contribution in [1.29, 1.82) is 0 Å². The van der Waals surface area contributed by atoms with Gasteiger partial charge in [0.05, 0.1) is 24.3 Å². The Labute approximate surface area is 274 Å². The summed E-state index contributed by atoms with van der Waals surface area (Å²) in [4.78, 5) is 7.89. The smallest absolute Gasteiger partial charge is 0.0967 e. The molecule has 0 bridgehead atoms. The van der Waals surface area contributed by atoms with Crippen LogP contribution in [0, 0.1) is 35.5 Å². The molecule has 9 heteroatoms. The lowest BCUT2D eigenvalue weighted by molar-refractivity contribution is 0.0937. The van der Waals surface area contributed by atoms with Gasteiger partial charge in [0.1, 0.15) is 0 Å². The predicted molar refractivity (Wildman–Crippen MR) is 183 cm³/mol. The van der Waals surface area contributed by atoms with Gasteiger partial charge in [-0.2, -0.15) is 0 Å². The molecule has 254 valence electrons. The molecular formula is C36H65N9. The first-order chi connectivity index (χ1) is 21.5. The van der Waals surface area contributed by atoms with Crippen molar-refractivity contribution in [3.8, 4) is 0 Å². The minimum atomic E-state index is 0.0271. The summed E-state index contributed by atoms with van der Waals surface area (Å²) in [7, 11) is 0. The van der Waals surface area contributed by atoms with Gasteiger partial charge in [0.2, 0.25) is 0 Å². The maximum atomic E-state index is 4.70. The van der Waals surface area contributed by atoms with Crippen molar-refractivity contribution in [2.24, 2.45) is 35.5 Å². The molecule has 45 heavy (non-hydrogen) atoms. The van der Waals surface area contributed by atoms with E-state index in [1.54, 1.807) is 0 Å². The Morgan fingerprint density at radius 1 is 0.733 bits per heavy atom. The average molecular weight is 624 g/mol. The quantitative estimate of drug-likeness (QED) is 0.249. The summed E-state index contributed by atoms with van der Waals surface area (Å²) < 4.78 is 4.11. The van der Waals surface area contributed by atoms with Crippen LogP contribution in [0.4, 0.5) is 0 Å². The number of piperidine rings is 3. The summed E-state index contributed by atoms with van der Waals surface area (Å²) in [5, 5.41) is 18.1. The van der Waals surface area contributed by atoms with Crippen LogP contribution >= 0.6 is 0 Å². The number of likely N-dealkylation sites (tertiary alicyclic amines) is 3. The lowest BCUT2D eigenvalue weighted by Gasteiger charge is -2.38. The zero-order chi connectivity index (χ0) is 32.0. The van der Waals surface area contributed by atoms with Crippen LogP contribution in [-0.4, -0.2) is 90.5 Å². The highest BCUT2D eigenvalue weighted by molar-refractivity contribution is 5.09. The summed E-state index contributed by atoms with van der Waals surface area (Å²) in [6.07, 6.45) is 14.6. The summed E-state index contributed by atoms with van der Waals surface area (Å²) in [5.41, 5.74) is 2.28. The fourth-order valence-corrected chi connectivity index (χ4v) is 8.26. The van der Waals surface area contributed by atoms with E-state index in [4.69, 9.17) is 5.10 Å². The highest BCUT2D eigenvalue weighted by Gasteiger charge is 2.32. The van der Waals surface area contributed by atoms with Gasteiger partial charge in [-0.15, -0.1) is 10.2 Å². The summed E-state index contributed by atoms with van der Waals surface area (Å²) >= 11 is 0. The third-order valence-electron chi connectivity index (χ3n) is 11.6. The van der Waals surface area contributed by atoms with Crippen LogP contribution in [0.1, 0.15) is 111 Å². The Hall–Kier alpha value is -1.84. The zero-order valence-electron chi connectivity index (χ0n) is 29.9. The van der Waals surface area contributed by atoms with Gasteiger partial charge in [0.25, 0.3) is 0 Å². The van der Waals surface area contributed by atoms with Crippen molar-refractivity contribution in [3.63, 3.8) is 0 Å². The van der Waals surface area contributed by atoms with E-state index < -0.39 is 0 Å². The van der Waals surface area contributed by atoms with Gasteiger partial charge < -0.3 is 4.90 Å². The van der Waals surface area contributed by atoms with Crippen LogP contribution in [0.5, 0.6) is 0 Å². The van der Waals surface area contributed by atoms with E-state index in [-0.39, 0.29) is 5.41 Å². The molecule has 0 aromatic carbocycles. The maximum Gasteiger partial charge on any atom is 0.0967 e. The molecule has 5 rings (SSSR count). The van der Waals surface area contributed by atoms with Gasteiger partial charge in [0.15, 0.2) is 0 Å². The van der Waals surface area contributed by atoms with E-state index in [0.29, 0.717) is 11.8 Å². The molecule has 3 aliphatic rings. The minimum Gasteiger partial charge on any atom is -0.303 e. The van der Waals surface area contributed by atoms with Gasteiger partial charge in [0, 0.05) is 44.3 Å². The molecule has 9 nitrogen and oxygen atoms in total. The molecule has 2 aromatic rings. The number of aryl methyl sites for hydroxylation is 1. The number of hydrogen-bond donors (Lipinski definition) is 0. The monoisotopic (exact) mass is 624 g/mol. The Morgan fingerprint density at radius 3 is 2.02 bits per heavy atom. The third kappa shape index (κ3) is 10.1. The van der Waals surface area contributed by atoms with Gasteiger partial charge in [-0.1, -0.05) is 58.9 Å². The molecule has 1 atom stereocenters. The molecular weight excluding hydrogens is 558 g/mol. The second-order valence-electron chi connectivity index (χ2n) is 16.6. The van der Waals surface area contributed by atoms with Crippen LogP contribution in [0.3, 0.4) is 0 Å². The largest absolute Gasteiger partial charge is 0.303 e. The van der Waals surface area contributed by atoms with Crippen LogP contribution < -0.4 is 0 Å². The molecule has 0 saturated carbocycles. The molecule has 0 aliphatic carbocycles. The van der Waals surface area contributed by atoms with Crippen molar-refractivity contribution in [1.82, 2.24) is 44.7 Å². The Balaban J connectivity index is 1.00. The SMILES string of the molecule is CC(C)CCn1cc(CN2CCC(C(C)CC(C)(C)c3cn(CN4CCC(CN5CCC(C(C)C)CC5)CC4)nn3)CC2)nn1. The number of nitrogens with zero attached hydrogens (tertiary/aromatic N) is 9. The van der Waals surface area contributed by atoms with Crippen molar-refractivity contribution >= 4 is 0 Å². The Kier molecular flexibility index (Phi) is 12.1. The molecule has 0 radical (unpaired) electrons. The van der Waals surface area contributed by atoms with Crippen LogP contribution in [0.25, 0.3) is 0 Å². The normalized spacial score (nSPS) is 21.8. The average Bonchev–Trinajstić information content (AvgIpc) is 3.68. The molecule has 1 unspecified atom stereocenters. The maximum absolute atomic E-state index is 4.70. The molecule has 0 spiro atoms. The molecule has 3 saturated heterocycles. The Bertz CT molecular complexity index is 1130. The molecule has 3 fully saturated rings. The standard InChI is InChI=1S/C36H65N9/c1-28(2)8-21-44-25-34(37-39-44)24-42-19-13-33(14-20-42)30(5)22-36(6,7)35-26-45(40-38-35)27-43-15-9-31(10-16-43)23-41-17-11-32(12-18-41)29(3)4/h25-26,28-33H,8-24,27H2,1-7H3. The summed E-state index contributed by atoms with van der Waals surface area (Å²) in [5.74, 6) is 4.75. The van der Waals surface area contributed by atoms with Crippen molar-refractivity contribution in [2.75, 3.05) is 45.8 Å².